The molecule has 0 aromatic heterocycles. The summed E-state index contributed by atoms with van der Waals surface area (Å²) in [5.74, 6) is 0. The third-order valence-electron chi connectivity index (χ3n) is 2.05. The summed E-state index contributed by atoms with van der Waals surface area (Å²) in [6.07, 6.45) is -11.1. The predicted molar refractivity (Wildman–Crippen MR) is 34.9 cm³/mol. The number of rotatable bonds is 0. The monoisotopic (exact) mass is 181 g/mol. The second-order valence-electron chi connectivity index (χ2n) is 2.90. The van der Waals surface area contributed by atoms with Crippen molar-refractivity contribution in [2.45, 2.75) is 36.7 Å². The number of halogens is 1. The average Bonchev–Trinajstić information content (AvgIpc) is 2.08. The van der Waals surface area contributed by atoms with Crippen LogP contribution < -0.4 is 0 Å². The van der Waals surface area contributed by atoms with Crippen LogP contribution in [0.4, 0.5) is 4.39 Å². The molecule has 0 aliphatic heterocycles. The van der Waals surface area contributed by atoms with Gasteiger partial charge in [-0.15, -0.1) is 0 Å². The standard InChI is InChI=1S/C6H11FO5/c7-1-2(8)4(10)6(12)5(11)3(1)9/h1-6,8-12H/i7-1. The van der Waals surface area contributed by atoms with Crippen LogP contribution in [0.1, 0.15) is 0 Å². The zero-order valence-electron chi connectivity index (χ0n) is 6.08. The molecule has 1 rings (SSSR count). The van der Waals surface area contributed by atoms with Gasteiger partial charge in [-0.3, -0.25) is 0 Å². The van der Waals surface area contributed by atoms with Gasteiger partial charge in [0.05, 0.1) is 0 Å². The maximum absolute atomic E-state index is 12.7. The molecule has 0 saturated heterocycles. The Labute approximate surface area is 67.7 Å². The molecule has 0 aromatic rings. The second-order valence-corrected chi connectivity index (χ2v) is 2.90. The minimum absolute atomic E-state index is 1.72. The SMILES string of the molecule is OC1C(O)C(O)C([18F])C(O)C1O. The number of alkyl halides is 1. The van der Waals surface area contributed by atoms with Gasteiger partial charge in [0.2, 0.25) is 0 Å². The fourth-order valence-corrected chi connectivity index (χ4v) is 1.18. The van der Waals surface area contributed by atoms with Crippen molar-refractivity contribution in [2.24, 2.45) is 0 Å². The maximum Gasteiger partial charge on any atom is 0.157 e. The molecule has 4 unspecified atom stereocenters. The van der Waals surface area contributed by atoms with E-state index in [9.17, 15) is 4.39 Å². The molecule has 1 saturated carbocycles. The molecule has 6 heteroatoms. The zero-order valence-corrected chi connectivity index (χ0v) is 6.08. The quantitative estimate of drug-likeness (QED) is 0.277. The lowest BCUT2D eigenvalue weighted by molar-refractivity contribution is -0.206. The van der Waals surface area contributed by atoms with Crippen LogP contribution in [0, 0.1) is 0 Å². The Kier molecular flexibility index (Phi) is 2.64. The van der Waals surface area contributed by atoms with Gasteiger partial charge in [-0.05, 0) is 0 Å². The molecule has 0 radical (unpaired) electrons. The normalized spacial score (nSPS) is 55.5. The molecule has 1 aliphatic rings. The van der Waals surface area contributed by atoms with E-state index in [1.807, 2.05) is 0 Å². The number of aliphatic hydroxyl groups excluding tert-OH is 5. The Balaban J connectivity index is 2.76. The summed E-state index contributed by atoms with van der Waals surface area (Å²) in [5.41, 5.74) is 0. The molecular formula is C6H11FO5. The van der Waals surface area contributed by atoms with E-state index in [1.54, 1.807) is 0 Å². The van der Waals surface area contributed by atoms with E-state index in [-0.39, 0.29) is 0 Å². The van der Waals surface area contributed by atoms with Crippen molar-refractivity contribution >= 4 is 0 Å². The van der Waals surface area contributed by atoms with Gasteiger partial charge in [0, 0.05) is 0 Å². The molecule has 0 spiro atoms. The third-order valence-corrected chi connectivity index (χ3v) is 2.05. The van der Waals surface area contributed by atoms with E-state index in [2.05, 4.69) is 0 Å². The van der Waals surface area contributed by atoms with Crippen LogP contribution in [0.3, 0.4) is 0 Å². The largest absolute Gasteiger partial charge is 0.387 e. The maximum atomic E-state index is 12.7. The van der Waals surface area contributed by atoms with E-state index in [0.717, 1.165) is 0 Å². The molecule has 12 heavy (non-hydrogen) atoms. The molecule has 0 aromatic carbocycles. The second kappa shape index (κ2) is 3.23. The Morgan fingerprint density at radius 2 is 0.833 bits per heavy atom. The molecule has 1 aliphatic carbocycles. The average molecular weight is 181 g/mol. The first-order chi connectivity index (χ1) is 5.46. The molecular weight excluding hydrogens is 170 g/mol. The summed E-state index contributed by atoms with van der Waals surface area (Å²) in [6.45, 7) is 0. The lowest BCUT2D eigenvalue weighted by atomic mass is 9.86. The van der Waals surface area contributed by atoms with E-state index in [4.69, 9.17) is 25.5 Å². The van der Waals surface area contributed by atoms with Gasteiger partial charge >= 0.3 is 0 Å². The van der Waals surface area contributed by atoms with Gasteiger partial charge in [-0.2, -0.15) is 0 Å². The minimum Gasteiger partial charge on any atom is -0.387 e. The predicted octanol–water partition coefficient (Wildman–Crippen LogP) is -2.86. The van der Waals surface area contributed by atoms with Crippen LogP contribution in [0.25, 0.3) is 0 Å². The first-order valence-corrected chi connectivity index (χ1v) is 3.51. The highest BCUT2D eigenvalue weighted by Gasteiger charge is 2.48. The zero-order chi connectivity index (χ0) is 9.46. The molecule has 0 amide bonds. The fraction of sp³-hybridized carbons (Fsp3) is 1.00. The molecule has 72 valence electrons. The lowest BCUT2D eigenvalue weighted by Crippen LogP contribution is -2.62. The van der Waals surface area contributed by atoms with Crippen LogP contribution in [0.2, 0.25) is 0 Å². The van der Waals surface area contributed by atoms with E-state index >= 15 is 0 Å². The van der Waals surface area contributed by atoms with Gasteiger partial charge in [-0.25, -0.2) is 4.39 Å². The number of aliphatic hydroxyl groups is 5. The van der Waals surface area contributed by atoms with Crippen molar-refractivity contribution in [1.82, 2.24) is 0 Å². The van der Waals surface area contributed by atoms with Crippen molar-refractivity contribution in [3.8, 4) is 0 Å². The molecule has 5 N–H and O–H groups in total. The molecule has 0 heterocycles. The highest BCUT2D eigenvalue weighted by molar-refractivity contribution is 4.98. The Bertz CT molecular complexity index is 107. The number of hydrogen-bond donors (Lipinski definition) is 5. The highest BCUT2D eigenvalue weighted by Crippen LogP contribution is 2.23. The van der Waals surface area contributed by atoms with Gasteiger partial charge in [0.25, 0.3) is 0 Å². The van der Waals surface area contributed by atoms with Crippen LogP contribution in [-0.4, -0.2) is 62.2 Å². The van der Waals surface area contributed by atoms with Crippen LogP contribution in [0.15, 0.2) is 0 Å². The highest BCUT2D eigenvalue weighted by atomic mass is 18.2. The van der Waals surface area contributed by atoms with Crippen molar-refractivity contribution in [3.63, 3.8) is 0 Å². The first-order valence-electron chi connectivity index (χ1n) is 3.51. The summed E-state index contributed by atoms with van der Waals surface area (Å²) >= 11 is 0. The van der Waals surface area contributed by atoms with Crippen molar-refractivity contribution in [2.75, 3.05) is 0 Å². The van der Waals surface area contributed by atoms with Crippen LogP contribution in [-0.2, 0) is 0 Å². The first kappa shape index (κ1) is 9.82. The molecule has 4 atom stereocenters. The Morgan fingerprint density at radius 3 is 1.17 bits per heavy atom. The van der Waals surface area contributed by atoms with Gasteiger partial charge in [0.1, 0.15) is 30.5 Å². The fourth-order valence-electron chi connectivity index (χ4n) is 1.18. The van der Waals surface area contributed by atoms with Crippen molar-refractivity contribution in [1.29, 1.82) is 0 Å². The lowest BCUT2D eigenvalue weighted by Gasteiger charge is -2.38. The summed E-state index contributed by atoms with van der Waals surface area (Å²) < 4.78 is 12.7. The van der Waals surface area contributed by atoms with Crippen molar-refractivity contribution < 1.29 is 29.9 Å². The summed E-state index contributed by atoms with van der Waals surface area (Å²) in [7, 11) is 0. The van der Waals surface area contributed by atoms with E-state index in [0.29, 0.717) is 0 Å². The summed E-state index contributed by atoms with van der Waals surface area (Å²) in [4.78, 5) is 0. The third kappa shape index (κ3) is 1.32. The van der Waals surface area contributed by atoms with E-state index < -0.39 is 36.7 Å². The molecule has 1 fully saturated rings. The molecule has 5 nitrogen and oxygen atoms in total. The van der Waals surface area contributed by atoms with E-state index in [1.165, 1.54) is 0 Å². The topological polar surface area (TPSA) is 101 Å². The molecule has 0 bridgehead atoms. The summed E-state index contributed by atoms with van der Waals surface area (Å²) in [6, 6.07) is 0. The van der Waals surface area contributed by atoms with Crippen LogP contribution in [0.5, 0.6) is 0 Å². The Morgan fingerprint density at radius 1 is 0.583 bits per heavy atom. The van der Waals surface area contributed by atoms with Crippen molar-refractivity contribution in [3.05, 3.63) is 0 Å². The Hall–Kier alpha value is -0.270. The smallest absolute Gasteiger partial charge is 0.157 e. The van der Waals surface area contributed by atoms with Gasteiger partial charge in [0.15, 0.2) is 6.17 Å². The summed E-state index contributed by atoms with van der Waals surface area (Å²) in [5, 5.41) is 44.4. The van der Waals surface area contributed by atoms with Crippen LogP contribution >= 0.6 is 0 Å². The minimum atomic E-state index is -2.14. The number of hydrogen-bond acceptors (Lipinski definition) is 5. The van der Waals surface area contributed by atoms with Gasteiger partial charge < -0.3 is 25.5 Å². The van der Waals surface area contributed by atoms with Gasteiger partial charge in [-0.1, -0.05) is 0 Å².